The summed E-state index contributed by atoms with van der Waals surface area (Å²) in [7, 11) is 0. The van der Waals surface area contributed by atoms with E-state index < -0.39 is 0 Å². The molecule has 84 valence electrons. The van der Waals surface area contributed by atoms with E-state index in [1.54, 1.807) is 6.07 Å². The van der Waals surface area contributed by atoms with Crippen molar-refractivity contribution in [1.82, 2.24) is 10.2 Å². The highest BCUT2D eigenvalue weighted by Gasteiger charge is 2.22. The normalized spacial score (nSPS) is 24.0. The van der Waals surface area contributed by atoms with Gasteiger partial charge in [0.1, 0.15) is 6.07 Å². The van der Waals surface area contributed by atoms with Gasteiger partial charge in [-0.05, 0) is 31.2 Å². The quantitative estimate of drug-likeness (QED) is 0.788. The van der Waals surface area contributed by atoms with Crippen LogP contribution in [-0.2, 0) is 0 Å². The number of anilines is 1. The summed E-state index contributed by atoms with van der Waals surface area (Å²) in [5.41, 5.74) is 0.508. The molecule has 0 amide bonds. The molecule has 1 aromatic heterocycles. The van der Waals surface area contributed by atoms with Gasteiger partial charge in [0.15, 0.2) is 5.82 Å². The van der Waals surface area contributed by atoms with Crippen molar-refractivity contribution < 1.29 is 5.11 Å². The van der Waals surface area contributed by atoms with Gasteiger partial charge in [0.05, 0.1) is 17.9 Å². The van der Waals surface area contributed by atoms with E-state index in [-0.39, 0.29) is 6.10 Å². The van der Waals surface area contributed by atoms with E-state index in [0.29, 0.717) is 17.3 Å². The molecule has 2 N–H and O–H groups in total. The SMILES string of the molecule is N#Cc1ccnnc1NCC1CCC(O)C1. The minimum atomic E-state index is -0.163. The predicted octanol–water partition coefficient (Wildman–Crippen LogP) is 0.921. The van der Waals surface area contributed by atoms with Crippen LogP contribution in [0.4, 0.5) is 5.82 Å². The number of nitrogens with zero attached hydrogens (tertiary/aromatic N) is 3. The van der Waals surface area contributed by atoms with Crippen LogP contribution in [0, 0.1) is 17.2 Å². The predicted molar refractivity (Wildman–Crippen MR) is 58.6 cm³/mol. The van der Waals surface area contributed by atoms with Crippen LogP contribution in [-0.4, -0.2) is 28.0 Å². The standard InChI is InChI=1S/C11H14N4O/c12-6-9-3-4-14-15-11(9)13-7-8-1-2-10(16)5-8/h3-4,8,10,16H,1-2,5,7H2,(H,13,15). The molecule has 0 radical (unpaired) electrons. The van der Waals surface area contributed by atoms with Crippen molar-refractivity contribution in [3.8, 4) is 6.07 Å². The molecule has 1 fully saturated rings. The monoisotopic (exact) mass is 218 g/mol. The van der Waals surface area contributed by atoms with Crippen LogP contribution >= 0.6 is 0 Å². The Hall–Kier alpha value is -1.67. The number of aromatic nitrogens is 2. The van der Waals surface area contributed by atoms with Crippen LogP contribution in [0.25, 0.3) is 0 Å². The van der Waals surface area contributed by atoms with Gasteiger partial charge in [-0.3, -0.25) is 0 Å². The molecule has 5 heteroatoms. The van der Waals surface area contributed by atoms with E-state index in [1.807, 2.05) is 0 Å². The van der Waals surface area contributed by atoms with Crippen LogP contribution in [0.3, 0.4) is 0 Å². The van der Waals surface area contributed by atoms with Gasteiger partial charge in [-0.1, -0.05) is 0 Å². The van der Waals surface area contributed by atoms with E-state index in [0.717, 1.165) is 25.8 Å². The number of hydrogen-bond acceptors (Lipinski definition) is 5. The lowest BCUT2D eigenvalue weighted by atomic mass is 10.1. The van der Waals surface area contributed by atoms with Crippen LogP contribution in [0.2, 0.25) is 0 Å². The largest absolute Gasteiger partial charge is 0.393 e. The highest BCUT2D eigenvalue weighted by molar-refractivity contribution is 5.50. The van der Waals surface area contributed by atoms with Crippen molar-refractivity contribution in [3.05, 3.63) is 17.8 Å². The van der Waals surface area contributed by atoms with Gasteiger partial charge in [0, 0.05) is 6.54 Å². The first-order valence-electron chi connectivity index (χ1n) is 5.43. The Bertz CT molecular complexity index is 401. The Morgan fingerprint density at radius 3 is 3.12 bits per heavy atom. The zero-order chi connectivity index (χ0) is 11.4. The molecule has 16 heavy (non-hydrogen) atoms. The second-order valence-electron chi connectivity index (χ2n) is 4.12. The van der Waals surface area contributed by atoms with Gasteiger partial charge < -0.3 is 10.4 Å². The summed E-state index contributed by atoms with van der Waals surface area (Å²) in [5, 5.41) is 29.0. The molecule has 0 saturated heterocycles. The highest BCUT2D eigenvalue weighted by Crippen LogP contribution is 2.25. The zero-order valence-electron chi connectivity index (χ0n) is 8.93. The number of rotatable bonds is 3. The lowest BCUT2D eigenvalue weighted by molar-refractivity contribution is 0.178. The molecule has 5 nitrogen and oxygen atoms in total. The van der Waals surface area contributed by atoms with E-state index in [9.17, 15) is 5.11 Å². The summed E-state index contributed by atoms with van der Waals surface area (Å²) in [5.74, 6) is 0.995. The van der Waals surface area contributed by atoms with Crippen molar-refractivity contribution in [3.63, 3.8) is 0 Å². The summed E-state index contributed by atoms with van der Waals surface area (Å²) in [4.78, 5) is 0. The molecule has 1 aliphatic rings. The van der Waals surface area contributed by atoms with Gasteiger partial charge in [-0.25, -0.2) is 0 Å². The van der Waals surface area contributed by atoms with Crippen molar-refractivity contribution in [2.24, 2.45) is 5.92 Å². The minimum Gasteiger partial charge on any atom is -0.393 e. The maximum Gasteiger partial charge on any atom is 0.166 e. The Balaban J connectivity index is 1.92. The first-order chi connectivity index (χ1) is 7.79. The molecule has 0 aromatic carbocycles. The molecule has 0 bridgehead atoms. The number of hydrogen-bond donors (Lipinski definition) is 2. The fraction of sp³-hybridized carbons (Fsp3) is 0.545. The molecule has 0 aliphatic heterocycles. The van der Waals surface area contributed by atoms with E-state index in [4.69, 9.17) is 5.26 Å². The molecular formula is C11H14N4O. The molecule has 0 spiro atoms. The third kappa shape index (κ3) is 2.47. The second kappa shape index (κ2) is 4.90. The molecule has 2 unspecified atom stereocenters. The Morgan fingerprint density at radius 2 is 2.44 bits per heavy atom. The summed E-state index contributed by atoms with van der Waals surface area (Å²) in [6, 6.07) is 3.70. The summed E-state index contributed by atoms with van der Waals surface area (Å²) >= 11 is 0. The average molecular weight is 218 g/mol. The number of aliphatic hydroxyl groups is 1. The Morgan fingerprint density at radius 1 is 1.56 bits per heavy atom. The maximum atomic E-state index is 9.39. The van der Waals surface area contributed by atoms with Crippen molar-refractivity contribution >= 4 is 5.82 Å². The van der Waals surface area contributed by atoms with Crippen LogP contribution < -0.4 is 5.32 Å². The van der Waals surface area contributed by atoms with Crippen molar-refractivity contribution in [1.29, 1.82) is 5.26 Å². The van der Waals surface area contributed by atoms with Crippen LogP contribution in [0.15, 0.2) is 12.3 Å². The molecular weight excluding hydrogens is 204 g/mol. The fourth-order valence-electron chi connectivity index (χ4n) is 2.03. The third-order valence-corrected chi connectivity index (χ3v) is 2.91. The highest BCUT2D eigenvalue weighted by atomic mass is 16.3. The van der Waals surface area contributed by atoms with Gasteiger partial charge in [-0.15, -0.1) is 5.10 Å². The fourth-order valence-corrected chi connectivity index (χ4v) is 2.03. The molecule has 1 aliphatic carbocycles. The topological polar surface area (TPSA) is 81.8 Å². The first-order valence-corrected chi connectivity index (χ1v) is 5.43. The number of nitrogens with one attached hydrogen (secondary N) is 1. The first kappa shape index (κ1) is 10.8. The molecule has 2 rings (SSSR count). The van der Waals surface area contributed by atoms with Gasteiger partial charge in [0.25, 0.3) is 0 Å². The van der Waals surface area contributed by atoms with Gasteiger partial charge in [0.2, 0.25) is 0 Å². The summed E-state index contributed by atoms with van der Waals surface area (Å²) < 4.78 is 0. The molecule has 1 aromatic rings. The summed E-state index contributed by atoms with van der Waals surface area (Å²) in [6.07, 6.45) is 4.07. The molecule has 2 atom stereocenters. The average Bonchev–Trinajstić information content (AvgIpc) is 2.73. The van der Waals surface area contributed by atoms with Crippen molar-refractivity contribution in [2.75, 3.05) is 11.9 Å². The van der Waals surface area contributed by atoms with E-state index in [1.165, 1.54) is 6.20 Å². The molecule has 1 saturated carbocycles. The van der Waals surface area contributed by atoms with Crippen molar-refractivity contribution in [2.45, 2.75) is 25.4 Å². The lowest BCUT2D eigenvalue weighted by Crippen LogP contribution is -2.14. The van der Waals surface area contributed by atoms with Gasteiger partial charge >= 0.3 is 0 Å². The van der Waals surface area contributed by atoms with E-state index in [2.05, 4.69) is 21.6 Å². The molecule has 1 heterocycles. The zero-order valence-corrected chi connectivity index (χ0v) is 8.93. The lowest BCUT2D eigenvalue weighted by Gasteiger charge is -2.11. The van der Waals surface area contributed by atoms with Crippen LogP contribution in [0.1, 0.15) is 24.8 Å². The van der Waals surface area contributed by atoms with E-state index >= 15 is 0 Å². The number of nitriles is 1. The smallest absolute Gasteiger partial charge is 0.166 e. The van der Waals surface area contributed by atoms with Crippen LogP contribution in [0.5, 0.6) is 0 Å². The Kier molecular flexibility index (Phi) is 3.32. The second-order valence-corrected chi connectivity index (χ2v) is 4.12. The maximum absolute atomic E-state index is 9.39. The van der Waals surface area contributed by atoms with Gasteiger partial charge in [-0.2, -0.15) is 10.4 Å². The summed E-state index contributed by atoms with van der Waals surface area (Å²) in [6.45, 7) is 0.741. The third-order valence-electron chi connectivity index (χ3n) is 2.91. The number of aliphatic hydroxyl groups excluding tert-OH is 1. The minimum absolute atomic E-state index is 0.163. The Labute approximate surface area is 94.1 Å².